The molecule has 0 fully saturated rings. The number of aromatic nitrogens is 2. The van der Waals surface area contributed by atoms with Crippen LogP contribution >= 0.6 is 0 Å². The fourth-order valence-electron chi connectivity index (χ4n) is 2.56. The van der Waals surface area contributed by atoms with E-state index in [4.69, 9.17) is 9.26 Å². The Kier molecular flexibility index (Phi) is 6.33. The SMILES string of the molecule is CC(C)[C@H](NC(=O)c1ccccc1)C(=O)OCc1noc(-c2ccc(F)cc2)n1. The van der Waals surface area contributed by atoms with E-state index in [0.717, 1.165) is 0 Å². The average molecular weight is 397 g/mol. The van der Waals surface area contributed by atoms with Crippen LogP contribution in [0.25, 0.3) is 11.5 Å². The van der Waals surface area contributed by atoms with Crippen LogP contribution in [0.5, 0.6) is 0 Å². The summed E-state index contributed by atoms with van der Waals surface area (Å²) in [7, 11) is 0. The van der Waals surface area contributed by atoms with E-state index < -0.39 is 12.0 Å². The Hall–Kier alpha value is -3.55. The van der Waals surface area contributed by atoms with Gasteiger partial charge < -0.3 is 14.6 Å². The van der Waals surface area contributed by atoms with Crippen LogP contribution in [0.3, 0.4) is 0 Å². The first-order valence-corrected chi connectivity index (χ1v) is 9.05. The van der Waals surface area contributed by atoms with E-state index >= 15 is 0 Å². The number of benzene rings is 2. The molecular weight excluding hydrogens is 377 g/mol. The first-order valence-electron chi connectivity index (χ1n) is 9.05. The Labute approximate surface area is 166 Å². The Morgan fingerprint density at radius 3 is 2.45 bits per heavy atom. The number of nitrogens with zero attached hydrogens (tertiary/aromatic N) is 2. The van der Waals surface area contributed by atoms with E-state index in [-0.39, 0.29) is 36.0 Å². The predicted octanol–water partition coefficient (Wildman–Crippen LogP) is 3.37. The van der Waals surface area contributed by atoms with Crippen molar-refractivity contribution in [3.8, 4) is 11.5 Å². The van der Waals surface area contributed by atoms with Gasteiger partial charge in [-0.2, -0.15) is 4.98 Å². The van der Waals surface area contributed by atoms with E-state index in [1.54, 1.807) is 44.2 Å². The molecule has 1 aromatic heterocycles. The van der Waals surface area contributed by atoms with Crippen molar-refractivity contribution in [3.05, 3.63) is 71.8 Å². The predicted molar refractivity (Wildman–Crippen MR) is 102 cm³/mol. The lowest BCUT2D eigenvalue weighted by Gasteiger charge is -2.20. The lowest BCUT2D eigenvalue weighted by Crippen LogP contribution is -2.45. The molecule has 0 unspecified atom stereocenters. The Balaban J connectivity index is 1.60. The molecule has 0 saturated carbocycles. The van der Waals surface area contributed by atoms with E-state index in [1.165, 1.54) is 24.3 Å². The Morgan fingerprint density at radius 1 is 1.10 bits per heavy atom. The van der Waals surface area contributed by atoms with Crippen LogP contribution < -0.4 is 5.32 Å². The highest BCUT2D eigenvalue weighted by molar-refractivity contribution is 5.96. The van der Waals surface area contributed by atoms with Crippen molar-refractivity contribution in [3.63, 3.8) is 0 Å². The fraction of sp³-hybridized carbons (Fsp3) is 0.238. The zero-order chi connectivity index (χ0) is 20.8. The van der Waals surface area contributed by atoms with Gasteiger partial charge in [-0.3, -0.25) is 4.79 Å². The molecule has 1 N–H and O–H groups in total. The molecule has 0 saturated heterocycles. The van der Waals surface area contributed by atoms with Crippen molar-refractivity contribution in [1.82, 2.24) is 15.5 Å². The van der Waals surface area contributed by atoms with Crippen molar-refractivity contribution >= 4 is 11.9 Å². The monoisotopic (exact) mass is 397 g/mol. The van der Waals surface area contributed by atoms with Crippen LogP contribution in [-0.2, 0) is 16.1 Å². The van der Waals surface area contributed by atoms with Crippen LogP contribution in [0, 0.1) is 11.7 Å². The minimum atomic E-state index is -0.828. The molecule has 3 aromatic rings. The molecule has 0 spiro atoms. The van der Waals surface area contributed by atoms with Gasteiger partial charge in [-0.1, -0.05) is 37.2 Å². The van der Waals surface area contributed by atoms with Gasteiger partial charge in [-0.15, -0.1) is 0 Å². The summed E-state index contributed by atoms with van der Waals surface area (Å²) in [5.41, 5.74) is 1.000. The molecule has 0 aliphatic rings. The Bertz CT molecular complexity index is 971. The number of esters is 1. The summed E-state index contributed by atoms with van der Waals surface area (Å²) in [5.74, 6) is -1.17. The molecule has 1 heterocycles. The lowest BCUT2D eigenvalue weighted by atomic mass is 10.0. The second-order valence-electron chi connectivity index (χ2n) is 6.69. The second kappa shape index (κ2) is 9.09. The van der Waals surface area contributed by atoms with E-state index in [2.05, 4.69) is 15.5 Å². The highest BCUT2D eigenvalue weighted by Crippen LogP contribution is 2.17. The molecule has 29 heavy (non-hydrogen) atoms. The molecule has 0 bridgehead atoms. The highest BCUT2D eigenvalue weighted by Gasteiger charge is 2.26. The summed E-state index contributed by atoms with van der Waals surface area (Å²) in [5, 5.41) is 6.45. The van der Waals surface area contributed by atoms with Gasteiger partial charge in [-0.25, -0.2) is 9.18 Å². The summed E-state index contributed by atoms with van der Waals surface area (Å²) in [6.07, 6.45) is 0. The number of nitrogens with one attached hydrogen (secondary N) is 1. The van der Waals surface area contributed by atoms with Gasteiger partial charge in [0.2, 0.25) is 5.82 Å². The third-order valence-electron chi connectivity index (χ3n) is 4.15. The van der Waals surface area contributed by atoms with Crippen molar-refractivity contribution in [2.24, 2.45) is 5.92 Å². The number of carbonyl (C=O) groups is 2. The lowest BCUT2D eigenvalue weighted by molar-refractivity contribution is -0.148. The smallest absolute Gasteiger partial charge is 0.329 e. The maximum absolute atomic E-state index is 13.0. The largest absolute Gasteiger partial charge is 0.456 e. The third kappa shape index (κ3) is 5.25. The van der Waals surface area contributed by atoms with E-state index in [0.29, 0.717) is 11.1 Å². The molecule has 3 rings (SSSR count). The zero-order valence-electron chi connectivity index (χ0n) is 16.0. The number of hydrogen-bond acceptors (Lipinski definition) is 6. The van der Waals surface area contributed by atoms with Crippen molar-refractivity contribution < 1.29 is 23.2 Å². The number of carbonyl (C=O) groups excluding carboxylic acids is 2. The summed E-state index contributed by atoms with van der Waals surface area (Å²) in [4.78, 5) is 28.9. The van der Waals surface area contributed by atoms with Crippen LogP contribution in [0.2, 0.25) is 0 Å². The summed E-state index contributed by atoms with van der Waals surface area (Å²) in [6, 6.07) is 13.4. The first kappa shape index (κ1) is 20.2. The fourth-order valence-corrected chi connectivity index (χ4v) is 2.56. The number of amides is 1. The van der Waals surface area contributed by atoms with Gasteiger partial charge in [0.15, 0.2) is 6.61 Å². The van der Waals surface area contributed by atoms with Gasteiger partial charge in [0.05, 0.1) is 0 Å². The molecule has 0 radical (unpaired) electrons. The van der Waals surface area contributed by atoms with Gasteiger partial charge in [0.25, 0.3) is 11.8 Å². The molecule has 8 heteroatoms. The second-order valence-corrected chi connectivity index (χ2v) is 6.69. The van der Waals surface area contributed by atoms with Gasteiger partial charge in [0, 0.05) is 11.1 Å². The molecule has 150 valence electrons. The van der Waals surface area contributed by atoms with Gasteiger partial charge >= 0.3 is 5.97 Å². The molecular formula is C21H20FN3O4. The van der Waals surface area contributed by atoms with E-state index in [1.807, 2.05) is 0 Å². The molecule has 7 nitrogen and oxygen atoms in total. The van der Waals surface area contributed by atoms with Crippen LogP contribution in [0.4, 0.5) is 4.39 Å². The number of halogens is 1. The van der Waals surface area contributed by atoms with Gasteiger partial charge in [0.1, 0.15) is 11.9 Å². The van der Waals surface area contributed by atoms with Crippen molar-refractivity contribution in [1.29, 1.82) is 0 Å². The molecule has 0 aliphatic carbocycles. The molecule has 2 aromatic carbocycles. The van der Waals surface area contributed by atoms with Crippen molar-refractivity contribution in [2.45, 2.75) is 26.5 Å². The number of ether oxygens (including phenoxy) is 1. The summed E-state index contributed by atoms with van der Waals surface area (Å²) < 4.78 is 23.4. The maximum atomic E-state index is 13.0. The number of rotatable bonds is 7. The van der Waals surface area contributed by atoms with Crippen molar-refractivity contribution in [2.75, 3.05) is 0 Å². The quantitative estimate of drug-likeness (QED) is 0.614. The first-order chi connectivity index (χ1) is 13.9. The maximum Gasteiger partial charge on any atom is 0.329 e. The Morgan fingerprint density at radius 2 is 1.79 bits per heavy atom. The van der Waals surface area contributed by atoms with E-state index in [9.17, 15) is 14.0 Å². The van der Waals surface area contributed by atoms with Crippen LogP contribution in [0.1, 0.15) is 30.0 Å². The zero-order valence-corrected chi connectivity index (χ0v) is 16.0. The van der Waals surface area contributed by atoms with Crippen LogP contribution in [0.15, 0.2) is 59.1 Å². The molecule has 1 amide bonds. The standard InChI is InChI=1S/C21H20FN3O4/c1-13(2)18(24-19(26)14-6-4-3-5-7-14)21(27)28-12-17-23-20(29-25-17)15-8-10-16(22)11-9-15/h3-11,13,18H,12H2,1-2H3,(H,24,26)/t18-/m0/s1. The minimum Gasteiger partial charge on any atom is -0.456 e. The third-order valence-corrected chi connectivity index (χ3v) is 4.15. The van der Waals surface area contributed by atoms with Crippen LogP contribution in [-0.4, -0.2) is 28.1 Å². The summed E-state index contributed by atoms with van der Waals surface area (Å²) >= 11 is 0. The molecule has 0 aliphatic heterocycles. The van der Waals surface area contributed by atoms with Gasteiger partial charge in [-0.05, 0) is 42.3 Å². The topological polar surface area (TPSA) is 94.3 Å². The minimum absolute atomic E-state index is 0.162. The average Bonchev–Trinajstić information content (AvgIpc) is 3.20. The molecule has 1 atom stereocenters. The summed E-state index contributed by atoms with van der Waals surface area (Å²) in [6.45, 7) is 3.39. The highest BCUT2D eigenvalue weighted by atomic mass is 19.1. The normalized spacial score (nSPS) is 11.9. The number of hydrogen-bond donors (Lipinski definition) is 1.